The van der Waals surface area contributed by atoms with Gasteiger partial charge in [-0.15, -0.1) is 0 Å². The van der Waals surface area contributed by atoms with Gasteiger partial charge in [0.15, 0.2) is 0 Å². The van der Waals surface area contributed by atoms with Gasteiger partial charge in [-0.05, 0) is 49.9 Å². The van der Waals surface area contributed by atoms with E-state index in [2.05, 4.69) is 35.8 Å². The van der Waals surface area contributed by atoms with Gasteiger partial charge >= 0.3 is 0 Å². The van der Waals surface area contributed by atoms with E-state index in [-0.39, 0.29) is 17.9 Å². The van der Waals surface area contributed by atoms with Gasteiger partial charge in [0, 0.05) is 11.7 Å². The van der Waals surface area contributed by atoms with Gasteiger partial charge < -0.3 is 10.6 Å². The molecule has 1 aliphatic rings. The molecule has 1 amide bonds. The molecule has 3 rings (SSSR count). The van der Waals surface area contributed by atoms with Crippen LogP contribution in [0.2, 0.25) is 0 Å². The molecule has 23 heavy (non-hydrogen) atoms. The Labute approximate surface area is 138 Å². The van der Waals surface area contributed by atoms with Crippen LogP contribution in [0.5, 0.6) is 0 Å². The summed E-state index contributed by atoms with van der Waals surface area (Å²) in [6.07, 6.45) is 2.85. The molecule has 1 fully saturated rings. The van der Waals surface area contributed by atoms with Crippen molar-refractivity contribution in [2.24, 2.45) is 5.92 Å². The van der Waals surface area contributed by atoms with Crippen LogP contribution >= 0.6 is 0 Å². The second kappa shape index (κ2) is 7.42. The monoisotopic (exact) mass is 308 g/mol. The molecule has 2 aromatic carbocycles. The molecule has 0 aromatic heterocycles. The summed E-state index contributed by atoms with van der Waals surface area (Å²) in [7, 11) is 0. The summed E-state index contributed by atoms with van der Waals surface area (Å²) in [4.78, 5) is 12.6. The Bertz CT molecular complexity index is 654. The highest BCUT2D eigenvalue weighted by Gasteiger charge is 2.27. The molecule has 120 valence electrons. The van der Waals surface area contributed by atoms with Crippen LogP contribution in [-0.2, 0) is 11.2 Å². The molecule has 0 radical (unpaired) electrons. The van der Waals surface area contributed by atoms with E-state index < -0.39 is 0 Å². The maximum Gasteiger partial charge on any atom is 0.229 e. The maximum absolute atomic E-state index is 12.6. The van der Waals surface area contributed by atoms with E-state index >= 15 is 0 Å². The summed E-state index contributed by atoms with van der Waals surface area (Å²) in [6, 6.07) is 18.7. The number of carbonyl (C=O) groups is 1. The third-order valence-corrected chi connectivity index (χ3v) is 4.61. The van der Waals surface area contributed by atoms with Crippen molar-refractivity contribution >= 4 is 11.6 Å². The molecule has 1 saturated heterocycles. The van der Waals surface area contributed by atoms with Crippen molar-refractivity contribution in [3.8, 4) is 0 Å². The van der Waals surface area contributed by atoms with Crippen LogP contribution in [0.1, 0.15) is 30.9 Å². The van der Waals surface area contributed by atoms with Crippen molar-refractivity contribution in [2.45, 2.75) is 32.2 Å². The lowest BCUT2D eigenvalue weighted by atomic mass is 9.91. The minimum Gasteiger partial charge on any atom is -0.326 e. The Morgan fingerprint density at radius 1 is 1.13 bits per heavy atom. The number of hydrogen-bond donors (Lipinski definition) is 2. The fraction of sp³-hybridized carbons (Fsp3) is 0.350. The lowest BCUT2D eigenvalue weighted by molar-refractivity contribution is -0.121. The van der Waals surface area contributed by atoms with Gasteiger partial charge in [-0.2, -0.15) is 0 Å². The molecule has 1 heterocycles. The molecule has 2 atom stereocenters. The third-order valence-electron chi connectivity index (χ3n) is 4.61. The van der Waals surface area contributed by atoms with Gasteiger partial charge in [0.2, 0.25) is 5.91 Å². The highest BCUT2D eigenvalue weighted by atomic mass is 16.1. The zero-order valence-corrected chi connectivity index (χ0v) is 13.6. The van der Waals surface area contributed by atoms with E-state index in [1.54, 1.807) is 0 Å². The van der Waals surface area contributed by atoms with E-state index in [9.17, 15) is 4.79 Å². The van der Waals surface area contributed by atoms with E-state index in [4.69, 9.17) is 0 Å². The van der Waals surface area contributed by atoms with Crippen molar-refractivity contribution in [3.63, 3.8) is 0 Å². The maximum atomic E-state index is 12.6. The van der Waals surface area contributed by atoms with Gasteiger partial charge in [-0.1, -0.05) is 48.5 Å². The van der Waals surface area contributed by atoms with Crippen LogP contribution in [0, 0.1) is 5.92 Å². The molecule has 3 nitrogen and oxygen atoms in total. The first-order valence-electron chi connectivity index (χ1n) is 8.40. The van der Waals surface area contributed by atoms with Crippen LogP contribution < -0.4 is 10.6 Å². The SMILES string of the molecule is CC1NCCCC1C(=O)Nc1ccccc1Cc1ccccc1. The summed E-state index contributed by atoms with van der Waals surface area (Å²) in [5.74, 6) is 0.179. The first-order valence-corrected chi connectivity index (χ1v) is 8.40. The highest BCUT2D eigenvalue weighted by molar-refractivity contribution is 5.93. The summed E-state index contributed by atoms with van der Waals surface area (Å²) in [6.45, 7) is 3.11. The lowest BCUT2D eigenvalue weighted by Gasteiger charge is -2.29. The molecule has 0 aliphatic carbocycles. The normalized spacial score (nSPS) is 20.9. The molecule has 2 N–H and O–H groups in total. The summed E-state index contributed by atoms with van der Waals surface area (Å²) in [5, 5.41) is 6.54. The number of anilines is 1. The van der Waals surface area contributed by atoms with Crippen LogP contribution in [-0.4, -0.2) is 18.5 Å². The van der Waals surface area contributed by atoms with Gasteiger partial charge in [-0.3, -0.25) is 4.79 Å². The molecule has 0 bridgehead atoms. The Morgan fingerprint density at radius 2 is 1.87 bits per heavy atom. The van der Waals surface area contributed by atoms with Crippen molar-refractivity contribution in [1.82, 2.24) is 5.32 Å². The number of amides is 1. The molecular weight excluding hydrogens is 284 g/mol. The average molecular weight is 308 g/mol. The summed E-state index contributed by atoms with van der Waals surface area (Å²) >= 11 is 0. The Hall–Kier alpha value is -2.13. The van der Waals surface area contributed by atoms with Gasteiger partial charge in [-0.25, -0.2) is 0 Å². The number of para-hydroxylation sites is 1. The topological polar surface area (TPSA) is 41.1 Å². The molecule has 2 aromatic rings. The zero-order valence-electron chi connectivity index (χ0n) is 13.6. The predicted octanol–water partition coefficient (Wildman–Crippen LogP) is 3.60. The lowest BCUT2D eigenvalue weighted by Crippen LogP contribution is -2.44. The average Bonchev–Trinajstić information content (AvgIpc) is 2.58. The number of carbonyl (C=O) groups excluding carboxylic acids is 1. The number of rotatable bonds is 4. The number of nitrogens with one attached hydrogen (secondary N) is 2. The molecule has 3 heteroatoms. The molecule has 0 spiro atoms. The molecule has 0 saturated carbocycles. The van der Waals surface area contributed by atoms with Gasteiger partial charge in [0.25, 0.3) is 0 Å². The smallest absolute Gasteiger partial charge is 0.229 e. The third kappa shape index (κ3) is 3.99. The van der Waals surface area contributed by atoms with E-state index in [1.807, 2.05) is 36.4 Å². The second-order valence-corrected chi connectivity index (χ2v) is 6.30. The first-order chi connectivity index (χ1) is 11.2. The molecule has 1 aliphatic heterocycles. The molecular formula is C20H24N2O. The molecule has 2 unspecified atom stereocenters. The minimum absolute atomic E-state index is 0.0496. The fourth-order valence-electron chi connectivity index (χ4n) is 3.24. The van der Waals surface area contributed by atoms with Crippen molar-refractivity contribution in [3.05, 3.63) is 65.7 Å². The van der Waals surface area contributed by atoms with Crippen LogP contribution in [0.4, 0.5) is 5.69 Å². The van der Waals surface area contributed by atoms with Gasteiger partial charge in [0.1, 0.15) is 0 Å². The number of benzene rings is 2. The largest absolute Gasteiger partial charge is 0.326 e. The van der Waals surface area contributed by atoms with Crippen LogP contribution in [0.15, 0.2) is 54.6 Å². The van der Waals surface area contributed by atoms with E-state index in [1.165, 1.54) is 5.56 Å². The zero-order chi connectivity index (χ0) is 16.1. The van der Waals surface area contributed by atoms with Crippen LogP contribution in [0.25, 0.3) is 0 Å². The predicted molar refractivity (Wildman–Crippen MR) is 94.5 cm³/mol. The standard InChI is InChI=1S/C20H24N2O/c1-15-18(11-7-13-21-15)20(23)22-19-12-6-5-10-17(19)14-16-8-3-2-4-9-16/h2-6,8-10,12,15,18,21H,7,11,13-14H2,1H3,(H,22,23). The van der Waals surface area contributed by atoms with Crippen molar-refractivity contribution < 1.29 is 4.79 Å². The number of hydrogen-bond acceptors (Lipinski definition) is 2. The van der Waals surface area contributed by atoms with Crippen LogP contribution in [0.3, 0.4) is 0 Å². The van der Waals surface area contributed by atoms with Crippen molar-refractivity contribution in [2.75, 3.05) is 11.9 Å². The highest BCUT2D eigenvalue weighted by Crippen LogP contribution is 2.22. The second-order valence-electron chi connectivity index (χ2n) is 6.30. The van der Waals surface area contributed by atoms with E-state index in [0.29, 0.717) is 0 Å². The van der Waals surface area contributed by atoms with Gasteiger partial charge in [0.05, 0.1) is 5.92 Å². The Kier molecular flexibility index (Phi) is 5.09. The van der Waals surface area contributed by atoms with E-state index in [0.717, 1.165) is 37.1 Å². The Balaban J connectivity index is 1.74. The Morgan fingerprint density at radius 3 is 2.65 bits per heavy atom. The van der Waals surface area contributed by atoms with Crippen molar-refractivity contribution in [1.29, 1.82) is 0 Å². The quantitative estimate of drug-likeness (QED) is 0.906. The summed E-state index contributed by atoms with van der Waals surface area (Å²) in [5.41, 5.74) is 3.34. The summed E-state index contributed by atoms with van der Waals surface area (Å²) < 4.78 is 0. The number of piperidine rings is 1. The first kappa shape index (κ1) is 15.8. The minimum atomic E-state index is 0.0496. The fourth-order valence-corrected chi connectivity index (χ4v) is 3.24.